The SMILES string of the molecule is CCC(C)CC(=O)NCC(=O)C(C)C. The Kier molecular flexibility index (Phi) is 6.17. The van der Waals surface area contributed by atoms with Crippen LogP contribution in [-0.4, -0.2) is 18.2 Å². The highest BCUT2D eigenvalue weighted by Gasteiger charge is 2.10. The molecule has 1 unspecified atom stereocenters. The molecule has 0 radical (unpaired) electrons. The van der Waals surface area contributed by atoms with Gasteiger partial charge in [-0.25, -0.2) is 0 Å². The van der Waals surface area contributed by atoms with Crippen LogP contribution in [0.25, 0.3) is 0 Å². The normalized spacial score (nSPS) is 12.6. The van der Waals surface area contributed by atoms with Crippen LogP contribution in [0.4, 0.5) is 0 Å². The van der Waals surface area contributed by atoms with Crippen molar-refractivity contribution in [3.63, 3.8) is 0 Å². The summed E-state index contributed by atoms with van der Waals surface area (Å²) in [6, 6.07) is 0. The number of carbonyl (C=O) groups is 2. The second-order valence-electron chi connectivity index (χ2n) is 4.12. The lowest BCUT2D eigenvalue weighted by Crippen LogP contribution is -2.32. The first-order valence-corrected chi connectivity index (χ1v) is 5.26. The first-order valence-electron chi connectivity index (χ1n) is 5.26. The third kappa shape index (κ3) is 5.73. The molecule has 0 aromatic heterocycles. The minimum absolute atomic E-state index is 0.00102. The van der Waals surface area contributed by atoms with Crippen LogP contribution in [0.1, 0.15) is 40.5 Å². The highest BCUT2D eigenvalue weighted by Crippen LogP contribution is 2.05. The van der Waals surface area contributed by atoms with Crippen LogP contribution in [0, 0.1) is 11.8 Å². The van der Waals surface area contributed by atoms with Crippen molar-refractivity contribution in [2.75, 3.05) is 6.54 Å². The molecule has 0 spiro atoms. The van der Waals surface area contributed by atoms with Crippen LogP contribution < -0.4 is 5.32 Å². The minimum Gasteiger partial charge on any atom is -0.349 e. The van der Waals surface area contributed by atoms with Crippen LogP contribution in [0.3, 0.4) is 0 Å². The molecule has 1 amide bonds. The average molecular weight is 199 g/mol. The highest BCUT2D eigenvalue weighted by atomic mass is 16.2. The van der Waals surface area contributed by atoms with Gasteiger partial charge in [-0.05, 0) is 5.92 Å². The molecule has 0 saturated heterocycles. The van der Waals surface area contributed by atoms with E-state index >= 15 is 0 Å². The van der Waals surface area contributed by atoms with Crippen molar-refractivity contribution in [2.24, 2.45) is 11.8 Å². The van der Waals surface area contributed by atoms with E-state index in [0.717, 1.165) is 6.42 Å². The average Bonchev–Trinajstić information content (AvgIpc) is 2.13. The molecular weight excluding hydrogens is 178 g/mol. The summed E-state index contributed by atoms with van der Waals surface area (Å²) in [4.78, 5) is 22.5. The molecule has 0 heterocycles. The predicted molar refractivity (Wildman–Crippen MR) is 56.9 cm³/mol. The maximum atomic E-state index is 11.3. The van der Waals surface area contributed by atoms with Crippen molar-refractivity contribution in [1.82, 2.24) is 5.32 Å². The van der Waals surface area contributed by atoms with Crippen molar-refractivity contribution in [1.29, 1.82) is 0 Å². The van der Waals surface area contributed by atoms with Gasteiger partial charge in [0.25, 0.3) is 0 Å². The number of hydrogen-bond acceptors (Lipinski definition) is 2. The Morgan fingerprint density at radius 3 is 2.21 bits per heavy atom. The van der Waals surface area contributed by atoms with Crippen molar-refractivity contribution in [3.8, 4) is 0 Å². The fourth-order valence-electron chi connectivity index (χ4n) is 0.923. The Bertz CT molecular complexity index is 199. The number of carbonyl (C=O) groups excluding carboxylic acids is 2. The second kappa shape index (κ2) is 6.57. The van der Waals surface area contributed by atoms with E-state index in [-0.39, 0.29) is 24.2 Å². The standard InChI is InChI=1S/C11H21NO2/c1-5-9(4)6-11(14)12-7-10(13)8(2)3/h8-9H,5-7H2,1-4H3,(H,12,14). The smallest absolute Gasteiger partial charge is 0.220 e. The Morgan fingerprint density at radius 2 is 1.79 bits per heavy atom. The second-order valence-corrected chi connectivity index (χ2v) is 4.12. The monoisotopic (exact) mass is 199 g/mol. The summed E-state index contributed by atoms with van der Waals surface area (Å²) in [5.41, 5.74) is 0. The van der Waals surface area contributed by atoms with Crippen molar-refractivity contribution in [2.45, 2.75) is 40.5 Å². The molecule has 1 N–H and O–H groups in total. The van der Waals surface area contributed by atoms with Crippen LogP contribution in [0.15, 0.2) is 0 Å². The number of rotatable bonds is 6. The summed E-state index contributed by atoms with van der Waals surface area (Å²) < 4.78 is 0. The number of amides is 1. The minimum atomic E-state index is -0.0200. The molecule has 0 saturated carbocycles. The molecule has 3 nitrogen and oxygen atoms in total. The first-order chi connectivity index (χ1) is 6.47. The van der Waals surface area contributed by atoms with E-state index in [0.29, 0.717) is 12.3 Å². The van der Waals surface area contributed by atoms with Gasteiger partial charge in [0.1, 0.15) is 0 Å². The molecule has 3 heteroatoms. The number of nitrogens with one attached hydrogen (secondary N) is 1. The zero-order valence-corrected chi connectivity index (χ0v) is 9.59. The topological polar surface area (TPSA) is 46.2 Å². The van der Waals surface area contributed by atoms with E-state index < -0.39 is 0 Å². The fraction of sp³-hybridized carbons (Fsp3) is 0.818. The van der Waals surface area contributed by atoms with E-state index in [4.69, 9.17) is 0 Å². The van der Waals surface area contributed by atoms with Gasteiger partial charge in [-0.3, -0.25) is 9.59 Å². The van der Waals surface area contributed by atoms with Gasteiger partial charge < -0.3 is 5.32 Å². The molecule has 0 aliphatic carbocycles. The quantitative estimate of drug-likeness (QED) is 0.708. The van der Waals surface area contributed by atoms with Gasteiger partial charge in [0.05, 0.1) is 6.54 Å². The summed E-state index contributed by atoms with van der Waals surface area (Å²) in [5.74, 6) is 0.457. The summed E-state index contributed by atoms with van der Waals surface area (Å²) in [6.07, 6.45) is 1.51. The van der Waals surface area contributed by atoms with E-state index in [1.807, 2.05) is 20.8 Å². The lowest BCUT2D eigenvalue weighted by molar-refractivity contribution is -0.126. The number of Topliss-reactive ketones (excluding diaryl/α,β-unsaturated/α-hetero) is 1. The lowest BCUT2D eigenvalue weighted by atomic mass is 10.0. The zero-order valence-electron chi connectivity index (χ0n) is 9.59. The van der Waals surface area contributed by atoms with Gasteiger partial charge >= 0.3 is 0 Å². The van der Waals surface area contributed by atoms with Gasteiger partial charge in [0, 0.05) is 12.3 Å². The van der Waals surface area contributed by atoms with Crippen LogP contribution >= 0.6 is 0 Å². The Hall–Kier alpha value is -0.860. The molecule has 0 aliphatic heterocycles. The van der Waals surface area contributed by atoms with Gasteiger partial charge in [-0.1, -0.05) is 34.1 Å². The lowest BCUT2D eigenvalue weighted by Gasteiger charge is -2.09. The number of hydrogen-bond donors (Lipinski definition) is 1. The maximum Gasteiger partial charge on any atom is 0.220 e. The Morgan fingerprint density at radius 1 is 1.21 bits per heavy atom. The largest absolute Gasteiger partial charge is 0.349 e. The van der Waals surface area contributed by atoms with E-state index in [1.54, 1.807) is 0 Å². The Labute approximate surface area is 86.3 Å². The fourth-order valence-corrected chi connectivity index (χ4v) is 0.923. The van der Waals surface area contributed by atoms with Crippen LogP contribution in [0.5, 0.6) is 0 Å². The summed E-state index contributed by atoms with van der Waals surface area (Å²) >= 11 is 0. The Balaban J connectivity index is 3.69. The van der Waals surface area contributed by atoms with Crippen LogP contribution in [-0.2, 0) is 9.59 Å². The van der Waals surface area contributed by atoms with Gasteiger partial charge in [-0.15, -0.1) is 0 Å². The first kappa shape index (κ1) is 13.1. The third-order valence-corrected chi connectivity index (χ3v) is 2.33. The molecule has 0 aromatic carbocycles. The summed E-state index contributed by atoms with van der Waals surface area (Å²) in [7, 11) is 0. The third-order valence-electron chi connectivity index (χ3n) is 2.33. The molecule has 0 rings (SSSR count). The molecule has 0 fully saturated rings. The van der Waals surface area contributed by atoms with E-state index in [1.165, 1.54) is 0 Å². The van der Waals surface area contributed by atoms with E-state index in [9.17, 15) is 9.59 Å². The van der Waals surface area contributed by atoms with Gasteiger partial charge in [0.15, 0.2) is 5.78 Å². The summed E-state index contributed by atoms with van der Waals surface area (Å²) in [5, 5.41) is 2.64. The molecule has 0 aliphatic rings. The highest BCUT2D eigenvalue weighted by molar-refractivity contribution is 5.87. The summed E-state index contributed by atoms with van der Waals surface area (Å²) in [6.45, 7) is 7.93. The van der Waals surface area contributed by atoms with Gasteiger partial charge in [-0.2, -0.15) is 0 Å². The van der Waals surface area contributed by atoms with Crippen LogP contribution in [0.2, 0.25) is 0 Å². The molecule has 1 atom stereocenters. The van der Waals surface area contributed by atoms with Crippen molar-refractivity contribution < 1.29 is 9.59 Å². The number of ketones is 1. The molecule has 14 heavy (non-hydrogen) atoms. The molecule has 0 aromatic rings. The molecular formula is C11H21NO2. The maximum absolute atomic E-state index is 11.3. The molecule has 82 valence electrons. The zero-order chi connectivity index (χ0) is 11.1. The molecule has 0 bridgehead atoms. The van der Waals surface area contributed by atoms with Crippen molar-refractivity contribution >= 4 is 11.7 Å². The van der Waals surface area contributed by atoms with E-state index in [2.05, 4.69) is 12.2 Å². The predicted octanol–water partition coefficient (Wildman–Crippen LogP) is 1.76. The van der Waals surface area contributed by atoms with Gasteiger partial charge in [0.2, 0.25) is 5.91 Å². The van der Waals surface area contributed by atoms with Crippen molar-refractivity contribution in [3.05, 3.63) is 0 Å².